The quantitative estimate of drug-likeness (QED) is 0.416. The molecule has 0 fully saturated rings. The predicted octanol–water partition coefficient (Wildman–Crippen LogP) is 5.38. The summed E-state index contributed by atoms with van der Waals surface area (Å²) >= 11 is 1.50. The summed E-state index contributed by atoms with van der Waals surface area (Å²) in [4.78, 5) is 18.2. The summed E-state index contributed by atoms with van der Waals surface area (Å²) in [7, 11) is -3.64. The van der Waals surface area contributed by atoms with Crippen molar-refractivity contribution in [3.05, 3.63) is 57.9 Å². The fourth-order valence-electron chi connectivity index (χ4n) is 4.13. The van der Waals surface area contributed by atoms with Crippen molar-refractivity contribution in [3.63, 3.8) is 0 Å². The molecule has 0 spiro atoms. The third-order valence-electron chi connectivity index (χ3n) is 5.50. The maximum Gasteiger partial charge on any atom is 0.279 e. The van der Waals surface area contributed by atoms with Crippen LogP contribution >= 0.6 is 11.3 Å². The van der Waals surface area contributed by atoms with Crippen molar-refractivity contribution < 1.29 is 13.2 Å². The highest BCUT2D eigenvalue weighted by atomic mass is 32.2. The molecule has 2 aromatic carbocycles. The molecule has 1 amide bonds. The molecule has 0 radical (unpaired) electrons. The first-order valence-corrected chi connectivity index (χ1v) is 14.0. The Labute approximate surface area is 207 Å². The molecule has 0 aliphatic carbocycles. The highest BCUT2D eigenvalue weighted by molar-refractivity contribution is 7.89. The Bertz CT molecular complexity index is 1340. The van der Waals surface area contributed by atoms with E-state index < -0.39 is 10.0 Å². The van der Waals surface area contributed by atoms with Crippen LogP contribution in [0.25, 0.3) is 10.2 Å². The maximum atomic E-state index is 13.2. The number of fused-ring (bicyclic) bond motifs is 1. The second-order valence-electron chi connectivity index (χ2n) is 9.61. The van der Waals surface area contributed by atoms with Gasteiger partial charge in [-0.2, -0.15) is 9.30 Å². The van der Waals surface area contributed by atoms with Crippen LogP contribution in [-0.2, 0) is 16.6 Å². The predicted molar refractivity (Wildman–Crippen MR) is 140 cm³/mol. The van der Waals surface area contributed by atoms with Crippen LogP contribution < -0.4 is 4.80 Å². The molecule has 0 saturated carbocycles. The first-order chi connectivity index (χ1) is 15.9. The lowest BCUT2D eigenvalue weighted by molar-refractivity contribution is 0.0997. The minimum absolute atomic E-state index is 0.196. The topological polar surface area (TPSA) is 71.7 Å². The Hall–Kier alpha value is -2.29. The van der Waals surface area contributed by atoms with Gasteiger partial charge in [0.1, 0.15) is 0 Å². The molecule has 1 heterocycles. The zero-order chi connectivity index (χ0) is 25.2. The molecule has 3 rings (SSSR count). The SMILES string of the molecule is CCn1c(=NC(=O)c2ccc(S(=O)(=O)N(CC(C)C)CC(C)C)cc2)sc2cc(C)cc(C)c21. The Balaban J connectivity index is 1.95. The number of carbonyl (C=O) groups is 1. The highest BCUT2D eigenvalue weighted by Crippen LogP contribution is 2.24. The summed E-state index contributed by atoms with van der Waals surface area (Å²) in [6, 6.07) is 10.4. The Morgan fingerprint density at radius 2 is 1.62 bits per heavy atom. The number of thiazole rings is 1. The number of rotatable bonds is 8. The molecule has 34 heavy (non-hydrogen) atoms. The van der Waals surface area contributed by atoms with E-state index in [0.29, 0.717) is 30.0 Å². The molecule has 0 saturated heterocycles. The zero-order valence-corrected chi connectivity index (χ0v) is 22.8. The monoisotopic (exact) mass is 501 g/mol. The fourth-order valence-corrected chi connectivity index (χ4v) is 7.16. The molecule has 0 aliphatic rings. The smallest absolute Gasteiger partial charge is 0.279 e. The van der Waals surface area contributed by atoms with Crippen LogP contribution in [0.4, 0.5) is 0 Å². The van der Waals surface area contributed by atoms with Crippen molar-refractivity contribution in [2.75, 3.05) is 13.1 Å². The molecule has 0 bridgehead atoms. The normalized spacial score (nSPS) is 13.1. The van der Waals surface area contributed by atoms with Gasteiger partial charge in [0.05, 0.1) is 15.1 Å². The Morgan fingerprint density at radius 3 is 2.15 bits per heavy atom. The molecular weight excluding hydrogens is 466 g/mol. The van der Waals surface area contributed by atoms with E-state index in [0.717, 1.165) is 15.8 Å². The van der Waals surface area contributed by atoms with Crippen molar-refractivity contribution in [2.24, 2.45) is 16.8 Å². The van der Waals surface area contributed by atoms with Crippen LogP contribution in [-0.4, -0.2) is 36.3 Å². The van der Waals surface area contributed by atoms with Crippen molar-refractivity contribution in [2.45, 2.75) is 59.9 Å². The van der Waals surface area contributed by atoms with Gasteiger partial charge in [-0.05, 0) is 74.1 Å². The van der Waals surface area contributed by atoms with Crippen molar-refractivity contribution in [3.8, 4) is 0 Å². The van der Waals surface area contributed by atoms with E-state index in [4.69, 9.17) is 0 Å². The number of hydrogen-bond acceptors (Lipinski definition) is 4. The number of hydrogen-bond donors (Lipinski definition) is 0. The molecule has 0 atom stereocenters. The molecule has 3 aromatic rings. The van der Waals surface area contributed by atoms with E-state index in [1.54, 1.807) is 12.1 Å². The average Bonchev–Trinajstić information content (AvgIpc) is 3.09. The minimum Gasteiger partial charge on any atom is -0.316 e. The average molecular weight is 502 g/mol. The molecular formula is C26H35N3O3S2. The van der Waals surface area contributed by atoms with E-state index in [-0.39, 0.29) is 22.6 Å². The minimum atomic E-state index is -3.64. The lowest BCUT2D eigenvalue weighted by atomic mass is 10.1. The van der Waals surface area contributed by atoms with E-state index in [1.165, 1.54) is 33.3 Å². The highest BCUT2D eigenvalue weighted by Gasteiger charge is 2.26. The number of aryl methyl sites for hydroxylation is 3. The number of nitrogens with zero attached hydrogens (tertiary/aromatic N) is 3. The fraction of sp³-hybridized carbons (Fsp3) is 0.462. The van der Waals surface area contributed by atoms with Gasteiger partial charge in [-0.3, -0.25) is 4.79 Å². The number of aromatic nitrogens is 1. The molecule has 8 heteroatoms. The van der Waals surface area contributed by atoms with Crippen LogP contribution in [0.1, 0.15) is 56.1 Å². The summed E-state index contributed by atoms with van der Waals surface area (Å²) in [5.74, 6) is 0.0487. The molecule has 0 unspecified atom stereocenters. The van der Waals surface area contributed by atoms with Gasteiger partial charge in [0.15, 0.2) is 4.80 Å². The van der Waals surface area contributed by atoms with Crippen molar-refractivity contribution in [1.29, 1.82) is 0 Å². The van der Waals surface area contributed by atoms with Gasteiger partial charge >= 0.3 is 0 Å². The van der Waals surface area contributed by atoms with Crippen LogP contribution in [0.15, 0.2) is 46.3 Å². The van der Waals surface area contributed by atoms with Crippen LogP contribution in [0, 0.1) is 25.7 Å². The van der Waals surface area contributed by atoms with Crippen LogP contribution in [0.3, 0.4) is 0 Å². The number of sulfonamides is 1. The second kappa shape index (κ2) is 10.5. The van der Waals surface area contributed by atoms with Crippen molar-refractivity contribution >= 4 is 37.5 Å². The summed E-state index contributed by atoms with van der Waals surface area (Å²) in [6.07, 6.45) is 0. The van der Waals surface area contributed by atoms with Gasteiger partial charge in [0.25, 0.3) is 5.91 Å². The van der Waals surface area contributed by atoms with Gasteiger partial charge in [-0.1, -0.05) is 45.1 Å². The molecule has 184 valence electrons. The standard InChI is InChI=1S/C26H35N3O3S2/c1-8-29-24-20(7)13-19(6)14-23(24)33-26(29)27-25(30)21-9-11-22(12-10-21)34(31,32)28(15-17(2)3)16-18(4)5/h9-14,17-18H,8,15-16H2,1-7H3. The van der Waals surface area contributed by atoms with E-state index >= 15 is 0 Å². The largest absolute Gasteiger partial charge is 0.316 e. The first-order valence-electron chi connectivity index (χ1n) is 11.7. The van der Waals surface area contributed by atoms with Crippen LogP contribution in [0.2, 0.25) is 0 Å². The van der Waals surface area contributed by atoms with Crippen molar-refractivity contribution in [1.82, 2.24) is 8.87 Å². The second-order valence-corrected chi connectivity index (χ2v) is 12.6. The number of carbonyl (C=O) groups excluding carboxylic acids is 1. The first kappa shape index (κ1) is 26.3. The molecule has 0 aliphatic heterocycles. The maximum absolute atomic E-state index is 13.2. The third-order valence-corrected chi connectivity index (χ3v) is 8.37. The summed E-state index contributed by atoms with van der Waals surface area (Å²) in [5.41, 5.74) is 3.80. The lowest BCUT2D eigenvalue weighted by Crippen LogP contribution is -2.37. The van der Waals surface area contributed by atoms with E-state index in [1.807, 2.05) is 34.6 Å². The summed E-state index contributed by atoms with van der Waals surface area (Å²) in [6.45, 7) is 15.8. The zero-order valence-electron chi connectivity index (χ0n) is 21.1. The van der Waals surface area contributed by atoms with E-state index in [2.05, 4.69) is 35.5 Å². The lowest BCUT2D eigenvalue weighted by Gasteiger charge is -2.25. The van der Waals surface area contributed by atoms with Gasteiger partial charge in [0.2, 0.25) is 10.0 Å². The summed E-state index contributed by atoms with van der Waals surface area (Å²) < 4.78 is 31.2. The Kier molecular flexibility index (Phi) is 8.16. The summed E-state index contributed by atoms with van der Waals surface area (Å²) in [5, 5.41) is 0. The number of amides is 1. The number of benzene rings is 2. The Morgan fingerprint density at radius 1 is 1.03 bits per heavy atom. The third kappa shape index (κ3) is 5.67. The van der Waals surface area contributed by atoms with Gasteiger partial charge < -0.3 is 4.57 Å². The van der Waals surface area contributed by atoms with Gasteiger partial charge in [-0.15, -0.1) is 0 Å². The van der Waals surface area contributed by atoms with Crippen LogP contribution in [0.5, 0.6) is 0 Å². The van der Waals surface area contributed by atoms with Gasteiger partial charge in [-0.25, -0.2) is 8.42 Å². The molecule has 6 nitrogen and oxygen atoms in total. The molecule has 1 aromatic heterocycles. The van der Waals surface area contributed by atoms with E-state index in [9.17, 15) is 13.2 Å². The molecule has 0 N–H and O–H groups in total. The van der Waals surface area contributed by atoms with Gasteiger partial charge in [0, 0.05) is 25.2 Å².